The lowest BCUT2D eigenvalue weighted by Crippen LogP contribution is -2.59. The summed E-state index contributed by atoms with van der Waals surface area (Å²) in [5, 5.41) is 89.6. The molecule has 5 aliphatic rings. The highest BCUT2D eigenvalue weighted by molar-refractivity contribution is 5.83. The number of rotatable bonds is 14. The molecule has 0 saturated carbocycles. The summed E-state index contributed by atoms with van der Waals surface area (Å²) >= 11 is 0. The Bertz CT molecular complexity index is 1710. The molecule has 4 fully saturated rings. The van der Waals surface area contributed by atoms with Crippen LogP contribution in [0.5, 0.6) is 0 Å². The van der Waals surface area contributed by atoms with Crippen LogP contribution in [-0.2, 0) is 47.5 Å². The van der Waals surface area contributed by atoms with Gasteiger partial charge in [0.25, 0.3) is 0 Å². The summed E-state index contributed by atoms with van der Waals surface area (Å²) in [7, 11) is 0. The van der Waals surface area contributed by atoms with Crippen LogP contribution in [0, 0.1) is 47.3 Å². The number of aliphatic hydroxyl groups excluding tert-OH is 6. The van der Waals surface area contributed by atoms with Gasteiger partial charge in [-0.3, -0.25) is 0 Å². The lowest BCUT2D eigenvalue weighted by atomic mass is 9.76. The van der Waals surface area contributed by atoms with Crippen LogP contribution in [-0.4, -0.2) is 162 Å². The molecule has 8 N–H and O–H groups in total. The maximum Gasteiger partial charge on any atom is 0.331 e. The Morgan fingerprint density at radius 3 is 1.25 bits per heavy atom. The van der Waals surface area contributed by atoms with Crippen molar-refractivity contribution in [2.45, 2.75) is 231 Å². The van der Waals surface area contributed by atoms with Gasteiger partial charge in [0.05, 0.1) is 61.0 Å². The van der Waals surface area contributed by atoms with E-state index in [1.54, 1.807) is 79.7 Å². The molecule has 18 heteroatoms. The third-order valence-corrected chi connectivity index (χ3v) is 16.5. The normalized spacial score (nSPS) is 46.1. The van der Waals surface area contributed by atoms with Gasteiger partial charge in [0.2, 0.25) is 0 Å². The van der Waals surface area contributed by atoms with Crippen LogP contribution < -0.4 is 0 Å². The molecule has 0 aromatic rings. The summed E-state index contributed by atoms with van der Waals surface area (Å²) in [5.74, 6) is -9.84. The minimum Gasteiger partial charge on any atom is -0.458 e. The van der Waals surface area contributed by atoms with Crippen molar-refractivity contribution < 1.29 is 88.3 Å². The summed E-state index contributed by atoms with van der Waals surface area (Å²) < 4.78 is 49.1. The van der Waals surface area contributed by atoms with Crippen molar-refractivity contribution in [3.63, 3.8) is 0 Å². The summed E-state index contributed by atoms with van der Waals surface area (Å²) in [6.07, 6.45) is -0.317. The first-order valence-corrected chi connectivity index (χ1v) is 26.4. The Labute approximate surface area is 426 Å². The van der Waals surface area contributed by atoms with Crippen LogP contribution in [0.1, 0.15) is 122 Å². The van der Waals surface area contributed by atoms with Crippen LogP contribution in [0.15, 0.2) is 48.6 Å². The zero-order valence-corrected chi connectivity index (χ0v) is 44.4. The monoisotopic (exact) mass is 1020 g/mol. The van der Waals surface area contributed by atoms with Crippen LogP contribution in [0.25, 0.3) is 0 Å². The van der Waals surface area contributed by atoms with Gasteiger partial charge in [-0.05, 0) is 40.5 Å². The van der Waals surface area contributed by atoms with Crippen molar-refractivity contribution in [3.8, 4) is 0 Å². The van der Waals surface area contributed by atoms with E-state index in [1.165, 1.54) is 24.3 Å². The molecule has 5 aliphatic heterocycles. The van der Waals surface area contributed by atoms with Crippen molar-refractivity contribution in [3.05, 3.63) is 48.6 Å². The largest absolute Gasteiger partial charge is 0.458 e. The van der Waals surface area contributed by atoms with Gasteiger partial charge < -0.3 is 78.7 Å². The molecule has 5 heterocycles. The highest BCUT2D eigenvalue weighted by Crippen LogP contribution is 2.45. The molecule has 0 radical (unpaired) electrons. The predicted octanol–water partition coefficient (Wildman–Crippen LogP) is 4.12. The molecule has 0 amide bonds. The molecule has 0 bridgehead atoms. The van der Waals surface area contributed by atoms with E-state index in [9.17, 15) is 50.4 Å². The Balaban J connectivity index is 1.28. The van der Waals surface area contributed by atoms with Crippen molar-refractivity contribution >= 4 is 11.9 Å². The second-order valence-corrected chi connectivity index (χ2v) is 21.7. The van der Waals surface area contributed by atoms with E-state index in [4.69, 9.17) is 37.9 Å². The highest BCUT2D eigenvalue weighted by Gasteiger charge is 2.54. The van der Waals surface area contributed by atoms with E-state index in [-0.39, 0.29) is 37.5 Å². The van der Waals surface area contributed by atoms with E-state index in [2.05, 4.69) is 0 Å². The van der Waals surface area contributed by atoms with Gasteiger partial charge >= 0.3 is 11.9 Å². The highest BCUT2D eigenvalue weighted by atomic mass is 16.7. The smallest absolute Gasteiger partial charge is 0.331 e. The Hall–Kier alpha value is -2.66. The summed E-state index contributed by atoms with van der Waals surface area (Å²) in [6, 6.07) is 0. The third-order valence-electron chi connectivity index (χ3n) is 16.5. The number of carbonyl (C=O) groups is 2. The first kappa shape index (κ1) is 60.2. The average Bonchev–Trinajstić information content (AvgIpc) is 3.31. The molecular weight excluding hydrogens is 937 g/mol. The van der Waals surface area contributed by atoms with Crippen molar-refractivity contribution in [1.29, 1.82) is 0 Å². The number of esters is 2. The van der Waals surface area contributed by atoms with E-state index in [0.29, 0.717) is 12.8 Å². The second kappa shape index (κ2) is 25.9. The van der Waals surface area contributed by atoms with Crippen molar-refractivity contribution in [2.75, 3.05) is 0 Å². The van der Waals surface area contributed by atoms with Gasteiger partial charge in [0.1, 0.15) is 24.4 Å². The fraction of sp³-hybridized carbons (Fsp3) is 0.815. The Kier molecular flexibility index (Phi) is 21.7. The topological polar surface area (TPSA) is 270 Å². The van der Waals surface area contributed by atoms with Gasteiger partial charge in [-0.25, -0.2) is 9.59 Å². The first-order chi connectivity index (χ1) is 33.7. The number of hydrogen-bond acceptors (Lipinski definition) is 18. The predicted molar refractivity (Wildman–Crippen MR) is 263 cm³/mol. The van der Waals surface area contributed by atoms with E-state index in [0.717, 1.165) is 0 Å². The van der Waals surface area contributed by atoms with Gasteiger partial charge in [-0.2, -0.15) is 0 Å². The van der Waals surface area contributed by atoms with E-state index < -0.39 is 157 Å². The number of aliphatic hydroxyl groups is 8. The number of hydrogen-bond donors (Lipinski definition) is 8. The molecule has 5 rings (SSSR count). The molecule has 412 valence electrons. The molecule has 26 atom stereocenters. The molecule has 4 saturated heterocycles. The number of ether oxygens (including phenoxy) is 8. The lowest BCUT2D eigenvalue weighted by molar-refractivity contribution is -0.345. The van der Waals surface area contributed by atoms with Gasteiger partial charge in [0, 0.05) is 85.2 Å². The van der Waals surface area contributed by atoms with E-state index >= 15 is 0 Å². The van der Waals surface area contributed by atoms with Crippen molar-refractivity contribution in [1.82, 2.24) is 0 Å². The maximum absolute atomic E-state index is 13.5. The SMILES string of the molecule is CC[C@@H]1[C@@H](C)O[C@@](O)([C@@H](C)[C@H](O)[C@@H](C)[C@H]2OC(=O)/C=C/C=C/[C@H](C)[C@@H]([C@@H](C)[C@@H](O)[C@H](C)[C@@]3(O)C[C@@H](O[C@H]4C[C@H](O)[C@H](O)[C@H](C)O4)[C@H](CC)[C@@H](C)O3)OC(=O)/C=C/C=C/[C@H]2C)C[C@H]1O[C@H]1C[C@H](O)[C@H](O)[C@H](C)O1. The third kappa shape index (κ3) is 14.4. The molecule has 0 unspecified atom stereocenters. The average molecular weight is 1030 g/mol. The van der Waals surface area contributed by atoms with Crippen LogP contribution in [0.4, 0.5) is 0 Å². The van der Waals surface area contributed by atoms with E-state index in [1.807, 2.05) is 27.7 Å². The molecule has 72 heavy (non-hydrogen) atoms. The first-order valence-electron chi connectivity index (χ1n) is 26.4. The lowest BCUT2D eigenvalue weighted by Gasteiger charge is -2.50. The van der Waals surface area contributed by atoms with Crippen LogP contribution in [0.2, 0.25) is 0 Å². The fourth-order valence-electron chi connectivity index (χ4n) is 11.6. The minimum absolute atomic E-state index is 0.0264. The summed E-state index contributed by atoms with van der Waals surface area (Å²) in [6.45, 7) is 21.3. The summed E-state index contributed by atoms with van der Waals surface area (Å²) in [4.78, 5) is 27.0. The van der Waals surface area contributed by atoms with Gasteiger partial charge in [-0.15, -0.1) is 0 Å². The van der Waals surface area contributed by atoms with Gasteiger partial charge in [0.15, 0.2) is 24.2 Å². The number of allylic oxidation sites excluding steroid dienone is 4. The Morgan fingerprint density at radius 2 is 0.931 bits per heavy atom. The molecule has 0 aromatic heterocycles. The minimum atomic E-state index is -1.88. The molecule has 0 aliphatic carbocycles. The zero-order valence-electron chi connectivity index (χ0n) is 44.4. The van der Waals surface area contributed by atoms with Crippen LogP contribution >= 0.6 is 0 Å². The maximum atomic E-state index is 13.5. The van der Waals surface area contributed by atoms with Crippen LogP contribution in [0.3, 0.4) is 0 Å². The standard InChI is InChI=1S/C54H88O18/c1-13-37-33(9)71-53(63,25-41(37)67-45-23-39(55)49(61)35(11)65-45)31(7)47(59)29(5)51-27(3)19-15-17-22-44(58)70-52(28(4)20-16-18-21-43(57)69-51)30(6)48(60)32(8)54(64)26-42(38(14-2)34(10)72-54)68-46-24-40(56)50(62)36(12)66-46/h15-22,27-42,45-52,55-56,59-64H,13-14,23-26H2,1-12H3/b19-15+,20-16+,21-18+,22-17+/t27-,28+,29-,30+,31-,32-,33+,34+,35-,36-,37+,38+,39-,40-,41+,42+,45-,46-,47+,48+,49+,50+,51-,52-,53+,54+/m0/s1. The molecule has 0 aromatic carbocycles. The number of carbonyl (C=O) groups excluding carboxylic acids is 2. The van der Waals surface area contributed by atoms with Gasteiger partial charge in [-0.1, -0.05) is 91.8 Å². The van der Waals surface area contributed by atoms with Crippen molar-refractivity contribution in [2.24, 2.45) is 47.3 Å². The zero-order chi connectivity index (χ0) is 53.6. The second-order valence-electron chi connectivity index (χ2n) is 21.7. The fourth-order valence-corrected chi connectivity index (χ4v) is 11.6. The summed E-state index contributed by atoms with van der Waals surface area (Å²) in [5.41, 5.74) is 0. The molecular formula is C54H88O18. The molecule has 18 nitrogen and oxygen atoms in total. The Morgan fingerprint density at radius 1 is 0.583 bits per heavy atom. The number of cyclic esters (lactones) is 2. The quantitative estimate of drug-likeness (QED) is 0.114. The molecule has 0 spiro atoms.